The standard InChI is InChI=1S/C32H18FN5/c33-27-11-7-19-6-10-26-28(12-8-20-5-9-25(27)29(19)30(20)26)38(23-15-21-3-1-13-34-31(21)36-17-23)24-16-22-4-2-14-35-32(22)37-18-24/h1-18H. The predicted molar refractivity (Wildman–Crippen MR) is 151 cm³/mol. The summed E-state index contributed by atoms with van der Waals surface area (Å²) >= 11 is 0. The van der Waals surface area contributed by atoms with E-state index >= 15 is 0 Å². The second kappa shape index (κ2) is 7.88. The Morgan fingerprint density at radius 3 is 1.74 bits per heavy atom. The number of hydrogen-bond acceptors (Lipinski definition) is 5. The van der Waals surface area contributed by atoms with Crippen molar-refractivity contribution in [1.29, 1.82) is 0 Å². The van der Waals surface area contributed by atoms with Crippen LogP contribution in [0.25, 0.3) is 54.4 Å². The van der Waals surface area contributed by atoms with E-state index in [1.54, 1.807) is 18.5 Å². The Balaban J connectivity index is 1.47. The van der Waals surface area contributed by atoms with E-state index in [0.717, 1.165) is 54.8 Å². The molecular formula is C32H18FN5. The fourth-order valence-corrected chi connectivity index (χ4v) is 5.52. The topological polar surface area (TPSA) is 54.8 Å². The fourth-order valence-electron chi connectivity index (χ4n) is 5.52. The lowest BCUT2D eigenvalue weighted by molar-refractivity contribution is 0.640. The molecule has 0 aliphatic rings. The summed E-state index contributed by atoms with van der Waals surface area (Å²) in [6.45, 7) is 0. The number of hydrogen-bond donors (Lipinski definition) is 0. The van der Waals surface area contributed by atoms with Crippen molar-refractivity contribution in [3.05, 3.63) is 116 Å². The summed E-state index contributed by atoms with van der Waals surface area (Å²) in [5.41, 5.74) is 4.06. The molecule has 4 aromatic heterocycles. The Morgan fingerprint density at radius 2 is 1.08 bits per heavy atom. The number of rotatable bonds is 3. The van der Waals surface area contributed by atoms with E-state index in [1.807, 2.05) is 54.9 Å². The molecule has 4 aromatic carbocycles. The molecule has 0 bridgehead atoms. The molecular weight excluding hydrogens is 473 g/mol. The van der Waals surface area contributed by atoms with E-state index in [4.69, 9.17) is 0 Å². The minimum atomic E-state index is -0.216. The highest BCUT2D eigenvalue weighted by atomic mass is 19.1. The van der Waals surface area contributed by atoms with Gasteiger partial charge in [0.2, 0.25) is 0 Å². The summed E-state index contributed by atoms with van der Waals surface area (Å²) < 4.78 is 14.9. The van der Waals surface area contributed by atoms with Crippen molar-refractivity contribution in [2.24, 2.45) is 0 Å². The van der Waals surface area contributed by atoms with Gasteiger partial charge in [-0.2, -0.15) is 0 Å². The van der Waals surface area contributed by atoms with Crippen LogP contribution in [0.1, 0.15) is 0 Å². The molecule has 0 saturated carbocycles. The van der Waals surface area contributed by atoms with Crippen LogP contribution >= 0.6 is 0 Å². The van der Waals surface area contributed by atoms with Gasteiger partial charge in [0, 0.05) is 39.3 Å². The molecule has 0 unspecified atom stereocenters. The lowest BCUT2D eigenvalue weighted by Gasteiger charge is -2.27. The summed E-state index contributed by atoms with van der Waals surface area (Å²) in [7, 11) is 0. The second-order valence-electron chi connectivity index (χ2n) is 9.38. The van der Waals surface area contributed by atoms with Gasteiger partial charge in [0.15, 0.2) is 11.3 Å². The highest BCUT2D eigenvalue weighted by molar-refractivity contribution is 6.25. The number of nitrogens with zero attached hydrogens (tertiary/aromatic N) is 5. The highest BCUT2D eigenvalue weighted by Crippen LogP contribution is 2.44. The quantitative estimate of drug-likeness (QED) is 0.234. The zero-order valence-electron chi connectivity index (χ0n) is 20.0. The number of aromatic nitrogens is 4. The van der Waals surface area contributed by atoms with Crippen LogP contribution in [0, 0.1) is 5.82 Å². The molecule has 0 fully saturated rings. The van der Waals surface area contributed by atoms with Gasteiger partial charge < -0.3 is 4.90 Å². The van der Waals surface area contributed by atoms with Gasteiger partial charge >= 0.3 is 0 Å². The minimum Gasteiger partial charge on any atom is -0.307 e. The summed E-state index contributed by atoms with van der Waals surface area (Å²) in [4.78, 5) is 20.3. The summed E-state index contributed by atoms with van der Waals surface area (Å²) in [6, 6.07) is 27.6. The molecule has 38 heavy (non-hydrogen) atoms. The third kappa shape index (κ3) is 3.04. The molecule has 5 nitrogen and oxygen atoms in total. The molecule has 0 radical (unpaired) electrons. The molecule has 0 atom stereocenters. The Hall–Kier alpha value is -5.23. The van der Waals surface area contributed by atoms with Crippen LogP contribution < -0.4 is 4.90 Å². The monoisotopic (exact) mass is 491 g/mol. The van der Waals surface area contributed by atoms with Crippen molar-refractivity contribution in [2.75, 3.05) is 4.90 Å². The Bertz CT molecular complexity index is 2100. The lowest BCUT2D eigenvalue weighted by Crippen LogP contribution is -2.11. The summed E-state index contributed by atoms with van der Waals surface area (Å²) in [5, 5.41) is 7.56. The normalized spacial score (nSPS) is 11.8. The van der Waals surface area contributed by atoms with E-state index in [-0.39, 0.29) is 5.82 Å². The van der Waals surface area contributed by atoms with Crippen molar-refractivity contribution >= 4 is 71.4 Å². The first-order valence-electron chi connectivity index (χ1n) is 12.3. The molecule has 0 saturated heterocycles. The molecule has 8 rings (SSSR count). The number of anilines is 3. The molecule has 6 heteroatoms. The van der Waals surface area contributed by atoms with Crippen LogP contribution in [0.15, 0.2) is 110 Å². The van der Waals surface area contributed by atoms with Crippen LogP contribution in [0.2, 0.25) is 0 Å². The van der Waals surface area contributed by atoms with Gasteiger partial charge in [0.05, 0.1) is 29.5 Å². The van der Waals surface area contributed by atoms with Gasteiger partial charge in [0.25, 0.3) is 0 Å². The van der Waals surface area contributed by atoms with Gasteiger partial charge in [-0.15, -0.1) is 0 Å². The zero-order chi connectivity index (χ0) is 25.2. The first-order chi connectivity index (χ1) is 18.7. The first kappa shape index (κ1) is 20.9. The maximum atomic E-state index is 14.9. The van der Waals surface area contributed by atoms with Crippen molar-refractivity contribution in [3.8, 4) is 0 Å². The van der Waals surface area contributed by atoms with E-state index in [1.165, 1.54) is 0 Å². The van der Waals surface area contributed by atoms with Gasteiger partial charge in [-0.05, 0) is 64.7 Å². The molecule has 0 aliphatic carbocycles. The first-order valence-corrected chi connectivity index (χ1v) is 12.3. The van der Waals surface area contributed by atoms with Gasteiger partial charge in [-0.1, -0.05) is 36.4 Å². The maximum absolute atomic E-state index is 14.9. The minimum absolute atomic E-state index is 0.216. The van der Waals surface area contributed by atoms with Crippen molar-refractivity contribution in [2.45, 2.75) is 0 Å². The van der Waals surface area contributed by atoms with E-state index < -0.39 is 0 Å². The third-order valence-electron chi connectivity index (χ3n) is 7.22. The van der Waals surface area contributed by atoms with Crippen LogP contribution in [0.5, 0.6) is 0 Å². The molecule has 4 heterocycles. The third-order valence-corrected chi connectivity index (χ3v) is 7.22. The van der Waals surface area contributed by atoms with Crippen molar-refractivity contribution in [3.63, 3.8) is 0 Å². The smallest absolute Gasteiger partial charge is 0.159 e. The Labute approximate surface area is 216 Å². The molecule has 0 amide bonds. The van der Waals surface area contributed by atoms with Crippen LogP contribution in [-0.2, 0) is 0 Å². The summed E-state index contributed by atoms with van der Waals surface area (Å²) in [6.07, 6.45) is 7.15. The number of benzene rings is 4. The van der Waals surface area contributed by atoms with Crippen molar-refractivity contribution < 1.29 is 4.39 Å². The highest BCUT2D eigenvalue weighted by Gasteiger charge is 2.20. The number of pyridine rings is 4. The zero-order valence-corrected chi connectivity index (χ0v) is 20.0. The maximum Gasteiger partial charge on any atom is 0.159 e. The number of halogens is 1. The van der Waals surface area contributed by atoms with Crippen LogP contribution in [-0.4, -0.2) is 19.9 Å². The Morgan fingerprint density at radius 1 is 0.526 bits per heavy atom. The summed E-state index contributed by atoms with van der Waals surface area (Å²) in [5.74, 6) is -0.216. The molecule has 0 spiro atoms. The van der Waals surface area contributed by atoms with Gasteiger partial charge in [-0.25, -0.2) is 24.3 Å². The second-order valence-corrected chi connectivity index (χ2v) is 9.38. The Kier molecular flexibility index (Phi) is 4.34. The molecule has 178 valence electrons. The van der Waals surface area contributed by atoms with Gasteiger partial charge in [-0.3, -0.25) is 0 Å². The molecule has 0 N–H and O–H groups in total. The van der Waals surface area contributed by atoms with E-state index in [0.29, 0.717) is 16.7 Å². The largest absolute Gasteiger partial charge is 0.307 e. The average molecular weight is 492 g/mol. The van der Waals surface area contributed by atoms with Crippen LogP contribution in [0.3, 0.4) is 0 Å². The average Bonchev–Trinajstić information content (AvgIpc) is 2.97. The van der Waals surface area contributed by atoms with E-state index in [9.17, 15) is 4.39 Å². The van der Waals surface area contributed by atoms with E-state index in [2.05, 4.69) is 61.2 Å². The predicted octanol–water partition coefficient (Wildman–Crippen LogP) is 8.08. The lowest BCUT2D eigenvalue weighted by atomic mass is 9.93. The fraction of sp³-hybridized carbons (Fsp3) is 0. The SMILES string of the molecule is Fc1ccc2ccc3c(N(c4cnc5ncccc5c4)c4cnc5ncccc5c4)ccc4ccc1c2c43. The van der Waals surface area contributed by atoms with Crippen molar-refractivity contribution in [1.82, 2.24) is 19.9 Å². The van der Waals surface area contributed by atoms with Gasteiger partial charge in [0.1, 0.15) is 5.82 Å². The molecule has 8 aromatic rings. The van der Waals surface area contributed by atoms with Crippen LogP contribution in [0.4, 0.5) is 21.5 Å². The number of fused-ring (bicyclic) bond motifs is 2. The molecule has 0 aliphatic heterocycles.